The number of carbonyl (C=O) groups excluding carboxylic acids is 2. The van der Waals surface area contributed by atoms with Crippen LogP contribution in [0.2, 0.25) is 0 Å². The number of benzene rings is 2. The van der Waals surface area contributed by atoms with E-state index in [-0.39, 0.29) is 19.1 Å². The molecule has 2 rings (SSSR count). The van der Waals surface area contributed by atoms with Gasteiger partial charge < -0.3 is 9.47 Å². The maximum absolute atomic E-state index is 12.0. The Kier molecular flexibility index (Phi) is 8.08. The van der Waals surface area contributed by atoms with E-state index in [9.17, 15) is 9.59 Å². The molecule has 0 aliphatic carbocycles. The SMILES string of the molecule is Cc1ccc(C(C)C)c(OCC(=O)NNC(=O)COc2c(C)cc(Br)cc2C)c1. The molecule has 0 saturated carbocycles. The molecule has 0 unspecified atom stereocenters. The lowest BCUT2D eigenvalue weighted by Gasteiger charge is -2.15. The normalized spacial score (nSPS) is 10.6. The molecule has 2 N–H and O–H groups in total. The Morgan fingerprint density at radius 3 is 2.03 bits per heavy atom. The summed E-state index contributed by atoms with van der Waals surface area (Å²) in [5.41, 5.74) is 8.59. The number of amides is 2. The number of carbonyl (C=O) groups is 2. The Labute approximate surface area is 180 Å². The second-order valence-corrected chi connectivity index (χ2v) is 8.15. The minimum absolute atomic E-state index is 0.199. The molecule has 0 spiro atoms. The van der Waals surface area contributed by atoms with Gasteiger partial charge in [0, 0.05) is 4.47 Å². The first kappa shape index (κ1) is 22.7. The summed E-state index contributed by atoms with van der Waals surface area (Å²) in [6.07, 6.45) is 0. The van der Waals surface area contributed by atoms with Crippen molar-refractivity contribution in [3.63, 3.8) is 0 Å². The van der Waals surface area contributed by atoms with Crippen LogP contribution < -0.4 is 20.3 Å². The van der Waals surface area contributed by atoms with Crippen LogP contribution in [0.25, 0.3) is 0 Å². The van der Waals surface area contributed by atoms with Crippen molar-refractivity contribution in [3.8, 4) is 11.5 Å². The quantitative estimate of drug-likeness (QED) is 0.607. The lowest BCUT2D eigenvalue weighted by atomic mass is 10.0. The molecule has 156 valence electrons. The molecule has 0 radical (unpaired) electrons. The van der Waals surface area contributed by atoms with E-state index in [0.717, 1.165) is 26.7 Å². The molecular formula is C22H27BrN2O4. The molecule has 0 bridgehead atoms. The fourth-order valence-electron chi connectivity index (χ4n) is 2.86. The third-order valence-electron chi connectivity index (χ3n) is 4.26. The van der Waals surface area contributed by atoms with E-state index in [4.69, 9.17) is 9.47 Å². The fourth-order valence-corrected chi connectivity index (χ4v) is 3.55. The average Bonchev–Trinajstić information content (AvgIpc) is 2.63. The molecule has 2 aromatic rings. The van der Waals surface area contributed by atoms with Crippen LogP contribution in [0.15, 0.2) is 34.8 Å². The van der Waals surface area contributed by atoms with Gasteiger partial charge in [-0.1, -0.05) is 41.9 Å². The van der Waals surface area contributed by atoms with Gasteiger partial charge in [0.25, 0.3) is 11.8 Å². The highest BCUT2D eigenvalue weighted by atomic mass is 79.9. The molecular weight excluding hydrogens is 436 g/mol. The molecule has 7 heteroatoms. The lowest BCUT2D eigenvalue weighted by molar-refractivity contribution is -0.131. The van der Waals surface area contributed by atoms with Gasteiger partial charge in [-0.3, -0.25) is 20.4 Å². The van der Waals surface area contributed by atoms with Crippen LogP contribution in [0, 0.1) is 20.8 Å². The number of ether oxygens (including phenoxy) is 2. The molecule has 0 heterocycles. The Morgan fingerprint density at radius 2 is 1.48 bits per heavy atom. The summed E-state index contributed by atoms with van der Waals surface area (Å²) in [5.74, 6) is 0.685. The van der Waals surface area contributed by atoms with Crippen molar-refractivity contribution in [2.45, 2.75) is 40.5 Å². The van der Waals surface area contributed by atoms with Gasteiger partial charge in [-0.05, 0) is 67.1 Å². The minimum atomic E-state index is -0.460. The summed E-state index contributed by atoms with van der Waals surface area (Å²) in [6.45, 7) is 9.49. The van der Waals surface area contributed by atoms with E-state index in [1.807, 2.05) is 51.1 Å². The molecule has 0 aliphatic heterocycles. The van der Waals surface area contributed by atoms with E-state index < -0.39 is 11.8 Å². The van der Waals surface area contributed by atoms with Crippen molar-refractivity contribution < 1.29 is 19.1 Å². The van der Waals surface area contributed by atoms with Crippen LogP contribution in [0.1, 0.15) is 42.0 Å². The van der Waals surface area contributed by atoms with Crippen molar-refractivity contribution in [3.05, 3.63) is 57.1 Å². The zero-order chi connectivity index (χ0) is 21.6. The van der Waals surface area contributed by atoms with Crippen molar-refractivity contribution in [1.82, 2.24) is 10.9 Å². The molecule has 2 aromatic carbocycles. The summed E-state index contributed by atoms with van der Waals surface area (Å²) in [4.78, 5) is 24.0. The van der Waals surface area contributed by atoms with E-state index in [0.29, 0.717) is 11.5 Å². The van der Waals surface area contributed by atoms with Gasteiger partial charge in [-0.2, -0.15) is 0 Å². The van der Waals surface area contributed by atoms with Crippen molar-refractivity contribution >= 4 is 27.7 Å². The molecule has 0 aliphatic rings. The second-order valence-electron chi connectivity index (χ2n) is 7.24. The predicted molar refractivity (Wildman–Crippen MR) is 116 cm³/mol. The van der Waals surface area contributed by atoms with Crippen molar-refractivity contribution in [1.29, 1.82) is 0 Å². The molecule has 2 amide bonds. The molecule has 0 atom stereocenters. The van der Waals surface area contributed by atoms with Crippen LogP contribution in [0.5, 0.6) is 11.5 Å². The third-order valence-corrected chi connectivity index (χ3v) is 4.72. The van der Waals surface area contributed by atoms with Crippen LogP contribution >= 0.6 is 15.9 Å². The highest BCUT2D eigenvalue weighted by molar-refractivity contribution is 9.10. The van der Waals surface area contributed by atoms with E-state index >= 15 is 0 Å². The number of aryl methyl sites for hydroxylation is 3. The van der Waals surface area contributed by atoms with Gasteiger partial charge in [0.15, 0.2) is 13.2 Å². The van der Waals surface area contributed by atoms with E-state index in [1.165, 1.54) is 0 Å². The van der Waals surface area contributed by atoms with Gasteiger partial charge >= 0.3 is 0 Å². The van der Waals surface area contributed by atoms with Gasteiger partial charge in [0.05, 0.1) is 0 Å². The number of hydrazine groups is 1. The summed E-state index contributed by atoms with van der Waals surface area (Å²) >= 11 is 3.42. The maximum atomic E-state index is 12.0. The predicted octanol–water partition coefficient (Wildman–Crippen LogP) is 4.10. The van der Waals surface area contributed by atoms with Gasteiger partial charge in [0.1, 0.15) is 11.5 Å². The third kappa shape index (κ3) is 6.78. The summed E-state index contributed by atoms with van der Waals surface area (Å²) in [5, 5.41) is 0. The van der Waals surface area contributed by atoms with Gasteiger partial charge in [-0.15, -0.1) is 0 Å². The van der Waals surface area contributed by atoms with Crippen LogP contribution in [0.4, 0.5) is 0 Å². The number of halogens is 1. The first-order valence-corrected chi connectivity index (χ1v) is 10.2. The van der Waals surface area contributed by atoms with Gasteiger partial charge in [-0.25, -0.2) is 0 Å². The Hall–Kier alpha value is -2.54. The zero-order valence-corrected chi connectivity index (χ0v) is 19.0. The highest BCUT2D eigenvalue weighted by Gasteiger charge is 2.12. The van der Waals surface area contributed by atoms with Crippen molar-refractivity contribution in [2.24, 2.45) is 0 Å². The average molecular weight is 463 g/mol. The largest absolute Gasteiger partial charge is 0.483 e. The lowest BCUT2D eigenvalue weighted by Crippen LogP contribution is -2.45. The molecule has 0 aromatic heterocycles. The van der Waals surface area contributed by atoms with Crippen LogP contribution in [-0.2, 0) is 9.59 Å². The smallest absolute Gasteiger partial charge is 0.276 e. The fraction of sp³-hybridized carbons (Fsp3) is 0.364. The first-order valence-electron chi connectivity index (χ1n) is 9.38. The summed E-state index contributed by atoms with van der Waals surface area (Å²) in [7, 11) is 0. The molecule has 6 nitrogen and oxygen atoms in total. The van der Waals surface area contributed by atoms with E-state index in [1.54, 1.807) is 0 Å². The van der Waals surface area contributed by atoms with Crippen molar-refractivity contribution in [2.75, 3.05) is 13.2 Å². The van der Waals surface area contributed by atoms with Crippen LogP contribution in [0.3, 0.4) is 0 Å². The number of rotatable bonds is 7. The monoisotopic (exact) mass is 462 g/mol. The molecule has 0 saturated heterocycles. The Balaban J connectivity index is 1.81. The molecule has 0 fully saturated rings. The number of nitrogens with one attached hydrogen (secondary N) is 2. The highest BCUT2D eigenvalue weighted by Crippen LogP contribution is 2.28. The number of hydrogen-bond donors (Lipinski definition) is 2. The zero-order valence-electron chi connectivity index (χ0n) is 17.4. The maximum Gasteiger partial charge on any atom is 0.276 e. The number of hydrogen-bond acceptors (Lipinski definition) is 4. The molecule has 29 heavy (non-hydrogen) atoms. The van der Waals surface area contributed by atoms with Crippen LogP contribution in [-0.4, -0.2) is 25.0 Å². The second kappa shape index (κ2) is 10.3. The first-order chi connectivity index (χ1) is 13.7. The van der Waals surface area contributed by atoms with Gasteiger partial charge in [0.2, 0.25) is 0 Å². The minimum Gasteiger partial charge on any atom is -0.483 e. The standard InChI is InChI=1S/C22H27BrN2O4/c1-13(2)18-7-6-14(3)8-19(18)28-11-20(26)24-25-21(27)12-29-22-15(4)9-17(23)10-16(22)5/h6-10,13H,11-12H2,1-5H3,(H,24,26)(H,25,27). The Morgan fingerprint density at radius 1 is 0.931 bits per heavy atom. The Bertz CT molecular complexity index is 873. The summed E-state index contributed by atoms with van der Waals surface area (Å²) < 4.78 is 12.2. The van der Waals surface area contributed by atoms with E-state index in [2.05, 4.69) is 40.6 Å². The summed E-state index contributed by atoms with van der Waals surface area (Å²) in [6, 6.07) is 9.74. The topological polar surface area (TPSA) is 76.7 Å².